The van der Waals surface area contributed by atoms with Crippen LogP contribution in [-0.4, -0.2) is 58.7 Å². The number of ether oxygens (including phenoxy) is 1. The highest BCUT2D eigenvalue weighted by atomic mass is 19.1. The Labute approximate surface area is 219 Å². The number of nitrogens with two attached hydrogens (primary N) is 2. The van der Waals surface area contributed by atoms with Crippen LogP contribution in [0.5, 0.6) is 6.01 Å². The van der Waals surface area contributed by atoms with Gasteiger partial charge in [0.1, 0.15) is 24.3 Å². The summed E-state index contributed by atoms with van der Waals surface area (Å²) in [5.41, 5.74) is 11.9. The van der Waals surface area contributed by atoms with Gasteiger partial charge in [-0.1, -0.05) is 0 Å². The zero-order chi connectivity index (χ0) is 26.9. The highest BCUT2D eigenvalue weighted by Gasteiger charge is 2.44. The summed E-state index contributed by atoms with van der Waals surface area (Å²) in [6.07, 6.45) is 3.38. The van der Waals surface area contributed by atoms with Gasteiger partial charge in [0.05, 0.1) is 17.2 Å². The molecule has 0 radical (unpaired) electrons. The van der Waals surface area contributed by atoms with Crippen molar-refractivity contribution in [2.75, 3.05) is 30.3 Å². The average Bonchev–Trinajstić information content (AvgIpc) is 3.60. The molecule has 2 atom stereocenters. The van der Waals surface area contributed by atoms with Crippen LogP contribution >= 0.6 is 0 Å². The van der Waals surface area contributed by atoms with Gasteiger partial charge < -0.3 is 26.4 Å². The summed E-state index contributed by atoms with van der Waals surface area (Å²) >= 11 is 0. The van der Waals surface area contributed by atoms with E-state index in [0.717, 1.165) is 31.4 Å². The van der Waals surface area contributed by atoms with E-state index in [9.17, 15) is 19.2 Å². The van der Waals surface area contributed by atoms with Crippen LogP contribution in [-0.2, 0) is 0 Å². The molecule has 5 N–H and O–H groups in total. The van der Waals surface area contributed by atoms with Crippen molar-refractivity contribution in [3.05, 3.63) is 35.3 Å². The number of piperidine rings is 1. The molecule has 0 bridgehead atoms. The molecule has 0 aromatic carbocycles. The minimum Gasteiger partial charge on any atom is -0.462 e. The van der Waals surface area contributed by atoms with Gasteiger partial charge in [0.25, 0.3) is 11.8 Å². The number of nitriles is 1. The Balaban J connectivity index is 1.32. The summed E-state index contributed by atoms with van der Waals surface area (Å²) in [6, 6.07) is 7.17. The molecule has 1 saturated heterocycles. The number of anilines is 2. The first kappa shape index (κ1) is 25.6. The van der Waals surface area contributed by atoms with Crippen LogP contribution in [0.1, 0.15) is 77.5 Å². The van der Waals surface area contributed by atoms with Crippen molar-refractivity contribution in [1.82, 2.24) is 20.3 Å². The van der Waals surface area contributed by atoms with E-state index in [1.54, 1.807) is 12.1 Å². The van der Waals surface area contributed by atoms with Crippen LogP contribution in [0.2, 0.25) is 0 Å². The molecule has 3 fully saturated rings. The van der Waals surface area contributed by atoms with Gasteiger partial charge in [-0.3, -0.25) is 9.59 Å². The van der Waals surface area contributed by atoms with E-state index in [1.807, 2.05) is 11.0 Å². The second-order valence-corrected chi connectivity index (χ2v) is 10.5. The van der Waals surface area contributed by atoms with Gasteiger partial charge >= 0.3 is 6.01 Å². The fraction of sp³-hybridized carbons (Fsp3) is 0.538. The average molecular weight is 523 g/mol. The highest BCUT2D eigenvalue weighted by Crippen LogP contribution is 2.45. The largest absolute Gasteiger partial charge is 0.462 e. The number of carbonyl (C=O) groups is 2. The summed E-state index contributed by atoms with van der Waals surface area (Å²) in [7, 11) is 0. The maximum Gasteiger partial charge on any atom is 0.319 e. The van der Waals surface area contributed by atoms with Crippen LogP contribution in [0.15, 0.2) is 18.2 Å². The van der Waals surface area contributed by atoms with Crippen molar-refractivity contribution >= 4 is 23.3 Å². The summed E-state index contributed by atoms with van der Waals surface area (Å²) in [4.78, 5) is 39.9. The number of amides is 2. The number of hydrogen-bond donors (Lipinski definition) is 3. The topological polar surface area (TPSA) is 173 Å². The number of primary amides is 1. The number of pyridine rings is 1. The first-order valence-electron chi connectivity index (χ1n) is 12.9. The van der Waals surface area contributed by atoms with Crippen molar-refractivity contribution in [1.29, 1.82) is 5.26 Å². The van der Waals surface area contributed by atoms with Crippen molar-refractivity contribution in [3.8, 4) is 12.1 Å². The summed E-state index contributed by atoms with van der Waals surface area (Å²) in [5, 5.41) is 12.3. The minimum absolute atomic E-state index is 0.0392. The quantitative estimate of drug-likeness (QED) is 0.470. The Hall–Kier alpha value is -4.01. The molecule has 1 aliphatic heterocycles. The van der Waals surface area contributed by atoms with Crippen molar-refractivity contribution < 1.29 is 18.7 Å². The Morgan fingerprint density at radius 3 is 2.58 bits per heavy atom. The summed E-state index contributed by atoms with van der Waals surface area (Å²) in [6.45, 7) is 1.40. The smallest absolute Gasteiger partial charge is 0.319 e. The standard InChI is InChI=1S/C26H31FN8O3/c27-16-1-2-17(11-16)31-24(37)20-12-21(34-25(33-20)38-14-26(13-28)7-8-26)35-9-5-15(6-10-35)19-4-3-18(29)22(32-19)23(30)36/h3-4,12,15-17H,1-2,5-11,14,29H2,(H2,30,36)(H,31,37)/t16-,17+/m1/s1. The Morgan fingerprint density at radius 1 is 1.18 bits per heavy atom. The predicted octanol–water partition coefficient (Wildman–Crippen LogP) is 2.24. The third kappa shape index (κ3) is 5.61. The van der Waals surface area contributed by atoms with Crippen molar-refractivity contribution in [2.45, 2.75) is 63.1 Å². The van der Waals surface area contributed by atoms with Gasteiger partial charge in [0.2, 0.25) is 0 Å². The Bertz CT molecular complexity index is 1270. The summed E-state index contributed by atoms with van der Waals surface area (Å²) in [5.74, 6) is -0.422. The third-order valence-electron chi connectivity index (χ3n) is 7.62. The number of nitrogens with one attached hydrogen (secondary N) is 1. The van der Waals surface area contributed by atoms with Gasteiger partial charge in [-0.05, 0) is 57.1 Å². The number of halogens is 1. The summed E-state index contributed by atoms with van der Waals surface area (Å²) < 4.78 is 19.4. The van der Waals surface area contributed by atoms with E-state index in [1.165, 1.54) is 0 Å². The molecule has 11 nitrogen and oxygen atoms in total. The second-order valence-electron chi connectivity index (χ2n) is 10.5. The highest BCUT2D eigenvalue weighted by molar-refractivity contribution is 5.96. The third-order valence-corrected chi connectivity index (χ3v) is 7.62. The van der Waals surface area contributed by atoms with Gasteiger partial charge in [0.15, 0.2) is 5.69 Å². The molecular formula is C26H31FN8O3. The van der Waals surface area contributed by atoms with Gasteiger partial charge in [-0.2, -0.15) is 15.2 Å². The second kappa shape index (κ2) is 10.4. The zero-order valence-corrected chi connectivity index (χ0v) is 21.0. The van der Waals surface area contributed by atoms with Crippen LogP contribution in [0.3, 0.4) is 0 Å². The molecule has 12 heteroatoms. The van der Waals surface area contributed by atoms with E-state index in [-0.39, 0.29) is 41.7 Å². The van der Waals surface area contributed by atoms with Crippen LogP contribution in [0.4, 0.5) is 15.9 Å². The van der Waals surface area contributed by atoms with Crippen LogP contribution < -0.4 is 26.4 Å². The van der Waals surface area contributed by atoms with Gasteiger partial charge in [-0.15, -0.1) is 0 Å². The number of rotatable bonds is 8. The van der Waals surface area contributed by atoms with Gasteiger partial charge in [-0.25, -0.2) is 9.37 Å². The molecule has 38 heavy (non-hydrogen) atoms. The van der Waals surface area contributed by atoms with Crippen LogP contribution in [0, 0.1) is 16.7 Å². The molecule has 2 aliphatic carbocycles. The molecule has 3 heterocycles. The van der Waals surface area contributed by atoms with E-state index in [2.05, 4.69) is 26.3 Å². The van der Waals surface area contributed by atoms with E-state index < -0.39 is 23.4 Å². The first-order valence-corrected chi connectivity index (χ1v) is 12.9. The fourth-order valence-electron chi connectivity index (χ4n) is 5.03. The number of hydrogen-bond acceptors (Lipinski definition) is 9. The maximum atomic E-state index is 13.6. The molecular weight excluding hydrogens is 491 g/mol. The van der Waals surface area contributed by atoms with E-state index in [4.69, 9.17) is 16.2 Å². The number of aromatic nitrogens is 3. The lowest BCUT2D eigenvalue weighted by atomic mass is 9.92. The van der Waals surface area contributed by atoms with Crippen molar-refractivity contribution in [2.24, 2.45) is 11.1 Å². The molecule has 0 unspecified atom stereocenters. The Kier molecular flexibility index (Phi) is 7.01. The number of nitrogen functional groups attached to an aromatic ring is 1. The molecule has 0 spiro atoms. The monoisotopic (exact) mass is 522 g/mol. The molecule has 2 saturated carbocycles. The fourth-order valence-corrected chi connectivity index (χ4v) is 5.03. The lowest BCUT2D eigenvalue weighted by molar-refractivity contribution is 0.0928. The van der Waals surface area contributed by atoms with Gasteiger partial charge in [0, 0.05) is 36.8 Å². The normalized spacial score (nSPS) is 22.5. The molecule has 2 aromatic rings. The Morgan fingerprint density at radius 2 is 1.95 bits per heavy atom. The minimum atomic E-state index is -0.906. The molecule has 5 rings (SSSR count). The number of nitrogens with zero attached hydrogens (tertiary/aromatic N) is 5. The van der Waals surface area contributed by atoms with E-state index in [0.29, 0.717) is 38.2 Å². The number of carbonyl (C=O) groups excluding carboxylic acids is 2. The van der Waals surface area contributed by atoms with Crippen LogP contribution in [0.25, 0.3) is 0 Å². The molecule has 200 valence electrons. The molecule has 2 aromatic heterocycles. The zero-order valence-electron chi connectivity index (χ0n) is 21.0. The first-order chi connectivity index (χ1) is 18.2. The lowest BCUT2D eigenvalue weighted by Crippen LogP contribution is -2.36. The van der Waals surface area contributed by atoms with Crippen molar-refractivity contribution in [3.63, 3.8) is 0 Å². The predicted molar refractivity (Wildman–Crippen MR) is 136 cm³/mol. The maximum absolute atomic E-state index is 13.6. The molecule has 2 amide bonds. The lowest BCUT2D eigenvalue weighted by Gasteiger charge is -2.33. The SMILES string of the molecule is N#CC1(COc2nc(C(=O)N[C@H]3CC[C@@H](F)C3)cc(N3CCC(c4ccc(N)c(C(N)=O)n4)CC3)n2)CC1. The molecule has 3 aliphatic rings. The number of alkyl halides is 1. The van der Waals surface area contributed by atoms with E-state index >= 15 is 0 Å².